The second-order valence-electron chi connectivity index (χ2n) is 8.15. The average Bonchev–Trinajstić information content (AvgIpc) is 3.44. The Bertz CT molecular complexity index is 1170. The van der Waals surface area contributed by atoms with Gasteiger partial charge in [0.15, 0.2) is 5.82 Å². The van der Waals surface area contributed by atoms with Gasteiger partial charge in [-0.15, -0.1) is 5.10 Å². The van der Waals surface area contributed by atoms with Crippen LogP contribution in [0.5, 0.6) is 0 Å². The van der Waals surface area contributed by atoms with Gasteiger partial charge in [0, 0.05) is 18.3 Å². The molecule has 158 valence electrons. The van der Waals surface area contributed by atoms with Gasteiger partial charge in [-0.25, -0.2) is 9.07 Å². The molecule has 2 aromatic carbocycles. The Morgan fingerprint density at radius 1 is 1.06 bits per heavy atom. The molecule has 0 fully saturated rings. The minimum Gasteiger partial charge on any atom is -0.285 e. The first-order valence-corrected chi connectivity index (χ1v) is 10.5. The fourth-order valence-electron chi connectivity index (χ4n) is 4.53. The van der Waals surface area contributed by atoms with Crippen molar-refractivity contribution in [3.05, 3.63) is 94.8 Å². The Morgan fingerprint density at radius 3 is 2.68 bits per heavy atom. The summed E-state index contributed by atoms with van der Waals surface area (Å²) in [6.07, 6.45) is 1.98. The fourth-order valence-corrected chi connectivity index (χ4v) is 4.53. The molecule has 0 aliphatic carbocycles. The third kappa shape index (κ3) is 3.53. The summed E-state index contributed by atoms with van der Waals surface area (Å²) in [6.45, 7) is 5.65. The van der Waals surface area contributed by atoms with E-state index < -0.39 is 0 Å². The molecule has 0 spiro atoms. The number of hydrogen-bond acceptors (Lipinski definition) is 5. The molecule has 1 aliphatic rings. The lowest BCUT2D eigenvalue weighted by Gasteiger charge is -2.40. The molecule has 3 heterocycles. The number of tetrazole rings is 1. The van der Waals surface area contributed by atoms with Crippen LogP contribution in [0, 0.1) is 5.82 Å². The molecule has 0 radical (unpaired) electrons. The van der Waals surface area contributed by atoms with Gasteiger partial charge in [-0.3, -0.25) is 10.00 Å². The van der Waals surface area contributed by atoms with Gasteiger partial charge in [0.1, 0.15) is 5.82 Å². The second-order valence-corrected chi connectivity index (χ2v) is 8.15. The summed E-state index contributed by atoms with van der Waals surface area (Å²) in [4.78, 5) is 2.35. The predicted octanol–water partition coefficient (Wildman–Crippen LogP) is 3.85. The predicted molar refractivity (Wildman–Crippen MR) is 114 cm³/mol. The van der Waals surface area contributed by atoms with Crippen LogP contribution in [-0.4, -0.2) is 41.8 Å². The molecule has 31 heavy (non-hydrogen) atoms. The van der Waals surface area contributed by atoms with Crippen molar-refractivity contribution in [1.29, 1.82) is 0 Å². The van der Waals surface area contributed by atoms with Crippen LogP contribution in [0.4, 0.5) is 4.39 Å². The summed E-state index contributed by atoms with van der Waals surface area (Å²) >= 11 is 0. The van der Waals surface area contributed by atoms with Gasteiger partial charge in [0.2, 0.25) is 0 Å². The molecule has 8 heteroatoms. The van der Waals surface area contributed by atoms with E-state index in [1.54, 1.807) is 12.1 Å². The Morgan fingerprint density at radius 2 is 1.90 bits per heavy atom. The van der Waals surface area contributed by atoms with Crippen LogP contribution in [0.15, 0.2) is 60.8 Å². The van der Waals surface area contributed by atoms with Gasteiger partial charge in [-0.1, -0.05) is 56.3 Å². The van der Waals surface area contributed by atoms with Crippen LogP contribution in [0.2, 0.25) is 0 Å². The number of halogens is 1. The van der Waals surface area contributed by atoms with Crippen molar-refractivity contribution in [2.45, 2.75) is 38.4 Å². The summed E-state index contributed by atoms with van der Waals surface area (Å²) in [5.74, 6) is 0.701. The van der Waals surface area contributed by atoms with Crippen LogP contribution in [-0.2, 0) is 6.54 Å². The fraction of sp³-hybridized carbons (Fsp3) is 0.304. The first-order chi connectivity index (χ1) is 15.1. The summed E-state index contributed by atoms with van der Waals surface area (Å²) in [5, 5.41) is 20.0. The maximum atomic E-state index is 14.2. The second kappa shape index (κ2) is 8.03. The normalized spacial score (nSPS) is 17.6. The highest BCUT2D eigenvalue weighted by molar-refractivity contribution is 5.37. The van der Waals surface area contributed by atoms with Crippen molar-refractivity contribution < 1.29 is 4.39 Å². The van der Waals surface area contributed by atoms with E-state index >= 15 is 0 Å². The maximum Gasteiger partial charge on any atom is 0.173 e. The molecular formula is C23H24FN7. The van der Waals surface area contributed by atoms with E-state index in [4.69, 9.17) is 0 Å². The topological polar surface area (TPSA) is 75.5 Å². The monoisotopic (exact) mass is 417 g/mol. The Hall–Kier alpha value is -3.39. The average molecular weight is 417 g/mol. The molecule has 0 amide bonds. The van der Waals surface area contributed by atoms with Gasteiger partial charge in [-0.2, -0.15) is 5.10 Å². The van der Waals surface area contributed by atoms with E-state index in [0.29, 0.717) is 18.9 Å². The van der Waals surface area contributed by atoms with Crippen molar-refractivity contribution in [3.8, 4) is 0 Å². The molecule has 7 nitrogen and oxygen atoms in total. The van der Waals surface area contributed by atoms with E-state index in [-0.39, 0.29) is 23.8 Å². The largest absolute Gasteiger partial charge is 0.285 e. The van der Waals surface area contributed by atoms with Crippen molar-refractivity contribution in [1.82, 2.24) is 35.3 Å². The lowest BCUT2D eigenvalue weighted by atomic mass is 9.90. The van der Waals surface area contributed by atoms with Gasteiger partial charge in [0.25, 0.3) is 0 Å². The Labute approximate surface area is 179 Å². The van der Waals surface area contributed by atoms with E-state index in [2.05, 4.69) is 56.6 Å². The third-order valence-corrected chi connectivity index (χ3v) is 5.86. The van der Waals surface area contributed by atoms with Gasteiger partial charge in [-0.05, 0) is 39.6 Å². The minimum atomic E-state index is -0.292. The Balaban J connectivity index is 1.70. The molecule has 2 unspecified atom stereocenters. The molecule has 4 aromatic rings. The SMILES string of the molecule is CC(C)c1n[nH]cc1C(c1ccccc1)N1CCn2nnnc2C1c1cccc(F)c1. The molecule has 2 aromatic heterocycles. The summed E-state index contributed by atoms with van der Waals surface area (Å²) < 4.78 is 16.0. The van der Waals surface area contributed by atoms with Crippen LogP contribution in [0.1, 0.15) is 60.1 Å². The maximum absolute atomic E-state index is 14.2. The number of aromatic amines is 1. The van der Waals surface area contributed by atoms with Crippen molar-refractivity contribution in [2.75, 3.05) is 6.54 Å². The Kier molecular flexibility index (Phi) is 5.07. The number of aromatic nitrogens is 6. The molecule has 1 aliphatic heterocycles. The minimum absolute atomic E-state index is 0.0870. The van der Waals surface area contributed by atoms with Crippen molar-refractivity contribution in [3.63, 3.8) is 0 Å². The highest BCUT2D eigenvalue weighted by Crippen LogP contribution is 2.41. The van der Waals surface area contributed by atoms with Gasteiger partial charge < -0.3 is 0 Å². The first-order valence-electron chi connectivity index (χ1n) is 10.5. The van der Waals surface area contributed by atoms with Crippen LogP contribution in [0.25, 0.3) is 0 Å². The molecule has 0 saturated heterocycles. The van der Waals surface area contributed by atoms with Gasteiger partial charge >= 0.3 is 0 Å². The molecule has 0 saturated carbocycles. The summed E-state index contributed by atoms with van der Waals surface area (Å²) in [5.41, 5.74) is 4.11. The number of nitrogens with zero attached hydrogens (tertiary/aromatic N) is 6. The lowest BCUT2D eigenvalue weighted by molar-refractivity contribution is 0.134. The number of fused-ring (bicyclic) bond motifs is 1. The van der Waals surface area contributed by atoms with E-state index in [1.807, 2.05) is 35.1 Å². The smallest absolute Gasteiger partial charge is 0.173 e. The summed E-state index contributed by atoms with van der Waals surface area (Å²) in [7, 11) is 0. The van der Waals surface area contributed by atoms with Crippen LogP contribution >= 0.6 is 0 Å². The molecule has 1 N–H and O–H groups in total. The zero-order valence-electron chi connectivity index (χ0n) is 17.5. The molecule has 5 rings (SSSR count). The number of hydrogen-bond donors (Lipinski definition) is 1. The number of nitrogens with one attached hydrogen (secondary N) is 1. The molecule has 0 bridgehead atoms. The van der Waals surface area contributed by atoms with E-state index in [1.165, 1.54) is 6.07 Å². The standard InChI is InChI=1S/C23H24FN7/c1-15(2)20-19(14-25-26-20)21(16-7-4-3-5-8-16)30-11-12-31-23(27-28-29-31)22(30)17-9-6-10-18(24)13-17/h3-10,13-15,21-22H,11-12H2,1-2H3,(H,25,26). The highest BCUT2D eigenvalue weighted by atomic mass is 19.1. The lowest BCUT2D eigenvalue weighted by Crippen LogP contribution is -2.42. The van der Waals surface area contributed by atoms with Crippen molar-refractivity contribution >= 4 is 0 Å². The third-order valence-electron chi connectivity index (χ3n) is 5.86. The molecular weight excluding hydrogens is 393 g/mol. The number of H-pyrrole nitrogens is 1. The quantitative estimate of drug-likeness (QED) is 0.534. The first kappa shape index (κ1) is 19.6. The molecule has 2 atom stereocenters. The van der Waals surface area contributed by atoms with E-state index in [0.717, 1.165) is 22.4 Å². The van der Waals surface area contributed by atoms with Crippen molar-refractivity contribution in [2.24, 2.45) is 0 Å². The van der Waals surface area contributed by atoms with Crippen LogP contribution < -0.4 is 0 Å². The van der Waals surface area contributed by atoms with E-state index in [9.17, 15) is 4.39 Å². The highest BCUT2D eigenvalue weighted by Gasteiger charge is 2.38. The van der Waals surface area contributed by atoms with Gasteiger partial charge in [0.05, 0.1) is 24.3 Å². The zero-order chi connectivity index (χ0) is 21.4. The summed E-state index contributed by atoms with van der Waals surface area (Å²) in [6, 6.07) is 16.7. The zero-order valence-corrected chi connectivity index (χ0v) is 17.5. The van der Waals surface area contributed by atoms with Crippen LogP contribution in [0.3, 0.4) is 0 Å². The number of benzene rings is 2. The number of rotatable bonds is 5.